The van der Waals surface area contributed by atoms with E-state index in [-0.39, 0.29) is 6.04 Å². The zero-order valence-electron chi connectivity index (χ0n) is 8.46. The maximum atomic E-state index is 6.08. The van der Waals surface area contributed by atoms with Gasteiger partial charge in [-0.05, 0) is 24.3 Å². The third kappa shape index (κ3) is 1.52. The van der Waals surface area contributed by atoms with Crippen LogP contribution in [0, 0.1) is 0 Å². The summed E-state index contributed by atoms with van der Waals surface area (Å²) in [6, 6.07) is 11.5. The minimum Gasteiger partial charge on any atom is -0.467 e. The van der Waals surface area contributed by atoms with Crippen LogP contribution in [0.2, 0.25) is 0 Å². The lowest BCUT2D eigenvalue weighted by Crippen LogP contribution is -2.10. The van der Waals surface area contributed by atoms with E-state index in [2.05, 4.69) is 4.98 Å². The second kappa shape index (κ2) is 3.73. The number of nitrogens with two attached hydrogens (primary N) is 1. The summed E-state index contributed by atoms with van der Waals surface area (Å²) in [5.41, 5.74) is 7.07. The summed E-state index contributed by atoms with van der Waals surface area (Å²) < 4.78 is 6.44. The molecule has 1 atom stereocenters. The number of furan rings is 1. The zero-order valence-corrected chi connectivity index (χ0v) is 9.28. The molecule has 4 heteroatoms. The molecule has 0 bridgehead atoms. The molecular formula is C12H10N2OS. The molecule has 0 saturated carbocycles. The Labute approximate surface area is 96.5 Å². The third-order valence-electron chi connectivity index (χ3n) is 2.43. The molecule has 2 aromatic heterocycles. The molecule has 0 radical (unpaired) electrons. The molecule has 2 N–H and O–H groups in total. The average Bonchev–Trinajstić information content (AvgIpc) is 2.97. The molecular weight excluding hydrogens is 220 g/mol. The van der Waals surface area contributed by atoms with Crippen LogP contribution in [0.15, 0.2) is 47.1 Å². The number of hydrogen-bond acceptors (Lipinski definition) is 4. The lowest BCUT2D eigenvalue weighted by atomic mass is 10.2. The van der Waals surface area contributed by atoms with E-state index in [1.807, 2.05) is 36.4 Å². The summed E-state index contributed by atoms with van der Waals surface area (Å²) in [5, 5.41) is 0.885. The molecule has 0 aliphatic rings. The SMILES string of the molecule is NC(c1ccco1)c1nc2ccccc2s1. The van der Waals surface area contributed by atoms with Crippen LogP contribution in [0.3, 0.4) is 0 Å². The molecule has 0 saturated heterocycles. The van der Waals surface area contributed by atoms with E-state index in [0.717, 1.165) is 21.0 Å². The van der Waals surface area contributed by atoms with Crippen molar-refractivity contribution in [3.8, 4) is 0 Å². The predicted molar refractivity (Wildman–Crippen MR) is 64.4 cm³/mol. The van der Waals surface area contributed by atoms with Crippen LogP contribution in [0.1, 0.15) is 16.8 Å². The van der Waals surface area contributed by atoms with E-state index in [9.17, 15) is 0 Å². The molecule has 1 aromatic carbocycles. The van der Waals surface area contributed by atoms with Gasteiger partial charge in [0.25, 0.3) is 0 Å². The highest BCUT2D eigenvalue weighted by molar-refractivity contribution is 7.18. The maximum absolute atomic E-state index is 6.08. The normalized spacial score (nSPS) is 13.1. The van der Waals surface area contributed by atoms with Crippen molar-refractivity contribution in [1.29, 1.82) is 0 Å². The largest absolute Gasteiger partial charge is 0.467 e. The van der Waals surface area contributed by atoms with Gasteiger partial charge in [-0.25, -0.2) is 4.98 Å². The second-order valence-corrected chi connectivity index (χ2v) is 4.58. The Hall–Kier alpha value is -1.65. The van der Waals surface area contributed by atoms with Crippen molar-refractivity contribution in [3.05, 3.63) is 53.4 Å². The van der Waals surface area contributed by atoms with Crippen LogP contribution < -0.4 is 5.73 Å². The molecule has 1 unspecified atom stereocenters. The smallest absolute Gasteiger partial charge is 0.127 e. The van der Waals surface area contributed by atoms with Crippen LogP contribution in [-0.2, 0) is 0 Å². The fourth-order valence-corrected chi connectivity index (χ4v) is 2.59. The van der Waals surface area contributed by atoms with Gasteiger partial charge in [0.2, 0.25) is 0 Å². The van der Waals surface area contributed by atoms with E-state index < -0.39 is 0 Å². The molecule has 2 heterocycles. The fourth-order valence-electron chi connectivity index (χ4n) is 1.61. The van der Waals surface area contributed by atoms with Crippen LogP contribution in [0.5, 0.6) is 0 Å². The van der Waals surface area contributed by atoms with Crippen molar-refractivity contribution >= 4 is 21.6 Å². The lowest BCUT2D eigenvalue weighted by molar-refractivity contribution is 0.489. The topological polar surface area (TPSA) is 52.0 Å². The van der Waals surface area contributed by atoms with Crippen LogP contribution >= 0.6 is 11.3 Å². The van der Waals surface area contributed by atoms with E-state index in [4.69, 9.17) is 10.2 Å². The number of aromatic nitrogens is 1. The van der Waals surface area contributed by atoms with Gasteiger partial charge in [-0.3, -0.25) is 0 Å². The number of nitrogens with zero attached hydrogens (tertiary/aromatic N) is 1. The number of thiazole rings is 1. The molecule has 3 nitrogen and oxygen atoms in total. The third-order valence-corrected chi connectivity index (χ3v) is 3.55. The highest BCUT2D eigenvalue weighted by Crippen LogP contribution is 2.28. The van der Waals surface area contributed by atoms with Gasteiger partial charge in [-0.1, -0.05) is 12.1 Å². The highest BCUT2D eigenvalue weighted by atomic mass is 32.1. The first-order valence-corrected chi connectivity index (χ1v) is 5.81. The van der Waals surface area contributed by atoms with Gasteiger partial charge in [0.05, 0.1) is 16.5 Å². The molecule has 0 amide bonds. The molecule has 3 aromatic rings. The Morgan fingerprint density at radius 3 is 2.81 bits per heavy atom. The van der Waals surface area contributed by atoms with Gasteiger partial charge in [0.1, 0.15) is 16.8 Å². The van der Waals surface area contributed by atoms with Crippen molar-refractivity contribution in [3.63, 3.8) is 0 Å². The predicted octanol–water partition coefficient (Wildman–Crippen LogP) is 2.94. The van der Waals surface area contributed by atoms with Crippen molar-refractivity contribution < 1.29 is 4.42 Å². The van der Waals surface area contributed by atoms with Gasteiger partial charge in [0, 0.05) is 0 Å². The Morgan fingerprint density at radius 2 is 2.06 bits per heavy atom. The Bertz CT molecular complexity index is 567. The molecule has 3 rings (SSSR count). The number of hydrogen-bond donors (Lipinski definition) is 1. The summed E-state index contributed by atoms with van der Waals surface area (Å²) >= 11 is 1.61. The quantitative estimate of drug-likeness (QED) is 0.736. The van der Waals surface area contributed by atoms with Gasteiger partial charge < -0.3 is 10.2 Å². The monoisotopic (exact) mass is 230 g/mol. The number of rotatable bonds is 2. The minimum absolute atomic E-state index is 0.271. The van der Waals surface area contributed by atoms with Crippen LogP contribution in [-0.4, -0.2) is 4.98 Å². The Balaban J connectivity index is 2.06. The van der Waals surface area contributed by atoms with Crippen LogP contribution in [0.25, 0.3) is 10.2 Å². The first kappa shape index (κ1) is 9.57. The standard InChI is InChI=1S/C12H10N2OS/c13-11(9-5-3-7-15-9)12-14-8-4-1-2-6-10(8)16-12/h1-7,11H,13H2. The summed E-state index contributed by atoms with van der Waals surface area (Å²) in [6.45, 7) is 0. The number of fused-ring (bicyclic) bond motifs is 1. The molecule has 80 valence electrons. The zero-order chi connectivity index (χ0) is 11.0. The van der Waals surface area contributed by atoms with Crippen molar-refractivity contribution in [2.75, 3.05) is 0 Å². The maximum Gasteiger partial charge on any atom is 0.127 e. The highest BCUT2D eigenvalue weighted by Gasteiger charge is 2.15. The first-order valence-electron chi connectivity index (χ1n) is 4.99. The van der Waals surface area contributed by atoms with Gasteiger partial charge in [-0.15, -0.1) is 11.3 Å². The number of para-hydroxylation sites is 1. The summed E-state index contributed by atoms with van der Waals surface area (Å²) in [7, 11) is 0. The van der Waals surface area contributed by atoms with Crippen LogP contribution in [0.4, 0.5) is 0 Å². The summed E-state index contributed by atoms with van der Waals surface area (Å²) in [5.74, 6) is 0.749. The Kier molecular flexibility index (Phi) is 2.23. The minimum atomic E-state index is -0.271. The number of benzene rings is 1. The molecule has 0 aliphatic heterocycles. The first-order chi connectivity index (χ1) is 7.84. The van der Waals surface area contributed by atoms with Crippen molar-refractivity contribution in [2.24, 2.45) is 5.73 Å². The van der Waals surface area contributed by atoms with E-state index in [1.54, 1.807) is 17.6 Å². The van der Waals surface area contributed by atoms with Crippen molar-refractivity contribution in [2.45, 2.75) is 6.04 Å². The Morgan fingerprint density at radius 1 is 1.19 bits per heavy atom. The van der Waals surface area contributed by atoms with Gasteiger partial charge in [-0.2, -0.15) is 0 Å². The average molecular weight is 230 g/mol. The molecule has 0 spiro atoms. The molecule has 0 aliphatic carbocycles. The summed E-state index contributed by atoms with van der Waals surface area (Å²) in [6.07, 6.45) is 1.63. The molecule has 16 heavy (non-hydrogen) atoms. The van der Waals surface area contributed by atoms with Gasteiger partial charge >= 0.3 is 0 Å². The van der Waals surface area contributed by atoms with E-state index >= 15 is 0 Å². The second-order valence-electron chi connectivity index (χ2n) is 3.51. The molecule has 0 fully saturated rings. The van der Waals surface area contributed by atoms with Crippen molar-refractivity contribution in [1.82, 2.24) is 4.98 Å². The van der Waals surface area contributed by atoms with Gasteiger partial charge in [0.15, 0.2) is 0 Å². The van der Waals surface area contributed by atoms with E-state index in [1.165, 1.54) is 0 Å². The fraction of sp³-hybridized carbons (Fsp3) is 0.0833. The summed E-state index contributed by atoms with van der Waals surface area (Å²) in [4.78, 5) is 4.50. The van der Waals surface area contributed by atoms with E-state index in [0.29, 0.717) is 0 Å². The lowest BCUT2D eigenvalue weighted by Gasteiger charge is -2.02.